The molecule has 0 saturated carbocycles. The molecule has 1 N–H and O–H groups in total. The maximum atomic E-state index is 12.7. The molecule has 1 fully saturated rings. The van der Waals surface area contributed by atoms with Crippen molar-refractivity contribution in [3.63, 3.8) is 0 Å². The van der Waals surface area contributed by atoms with E-state index in [2.05, 4.69) is 40.9 Å². The number of carbonyl (C=O) groups is 1. The molecule has 2 heterocycles. The molecule has 3 rings (SSSR count). The van der Waals surface area contributed by atoms with Gasteiger partial charge >= 0.3 is 0 Å². The minimum Gasteiger partial charge on any atom is -0.350 e. The Morgan fingerprint density at radius 3 is 2.63 bits per heavy atom. The number of amides is 1. The largest absolute Gasteiger partial charge is 0.350 e. The monoisotopic (exact) mass is 386 g/mol. The number of benzene rings is 1. The minimum absolute atomic E-state index is 0.0228. The van der Waals surface area contributed by atoms with Gasteiger partial charge in [-0.1, -0.05) is 19.1 Å². The molecule has 1 aliphatic rings. The van der Waals surface area contributed by atoms with Gasteiger partial charge in [-0.05, 0) is 39.4 Å². The van der Waals surface area contributed by atoms with Crippen LogP contribution < -0.4 is 5.32 Å². The molecule has 0 spiro atoms. The van der Waals surface area contributed by atoms with Gasteiger partial charge in [-0.2, -0.15) is 0 Å². The number of aromatic nitrogens is 1. The third-order valence-electron chi connectivity index (χ3n) is 5.35. The van der Waals surface area contributed by atoms with Gasteiger partial charge in [0, 0.05) is 60.5 Å². The lowest BCUT2D eigenvalue weighted by Gasteiger charge is -2.44. The van der Waals surface area contributed by atoms with E-state index >= 15 is 0 Å². The van der Waals surface area contributed by atoms with Crippen LogP contribution in [0.1, 0.15) is 36.8 Å². The molecule has 27 heavy (non-hydrogen) atoms. The molecule has 0 atom stereocenters. The van der Waals surface area contributed by atoms with Crippen LogP contribution in [0.4, 0.5) is 0 Å². The van der Waals surface area contributed by atoms with Gasteiger partial charge < -0.3 is 10.2 Å². The summed E-state index contributed by atoms with van der Waals surface area (Å²) >= 11 is 1.61. The van der Waals surface area contributed by atoms with E-state index in [1.165, 1.54) is 0 Å². The smallest absolute Gasteiger partial charge is 0.251 e. The molecule has 0 radical (unpaired) electrons. The van der Waals surface area contributed by atoms with Crippen molar-refractivity contribution in [3.05, 3.63) is 40.9 Å². The number of carbonyl (C=O) groups excluding carboxylic acids is 1. The zero-order valence-electron chi connectivity index (χ0n) is 16.8. The third kappa shape index (κ3) is 4.94. The van der Waals surface area contributed by atoms with Crippen LogP contribution in [0.2, 0.25) is 0 Å². The van der Waals surface area contributed by atoms with Crippen molar-refractivity contribution in [2.75, 3.05) is 39.3 Å². The molecule has 2 aromatic rings. The Hall–Kier alpha value is -1.76. The van der Waals surface area contributed by atoms with E-state index in [1.807, 2.05) is 36.6 Å². The number of hydrogen-bond acceptors (Lipinski definition) is 5. The van der Waals surface area contributed by atoms with Crippen LogP contribution in [0.3, 0.4) is 0 Å². The van der Waals surface area contributed by atoms with Gasteiger partial charge in [-0.3, -0.25) is 9.69 Å². The molecule has 0 aliphatic carbocycles. The molecule has 0 bridgehead atoms. The molecule has 6 heteroatoms. The Bertz CT molecular complexity index is 778. The van der Waals surface area contributed by atoms with Crippen LogP contribution in [0.25, 0.3) is 10.6 Å². The van der Waals surface area contributed by atoms with Crippen molar-refractivity contribution in [2.24, 2.45) is 0 Å². The van der Waals surface area contributed by atoms with Gasteiger partial charge in [0.15, 0.2) is 0 Å². The second kappa shape index (κ2) is 8.50. The lowest BCUT2D eigenvalue weighted by molar-refractivity contribution is 0.0521. The quantitative estimate of drug-likeness (QED) is 0.828. The first-order valence-electron chi connectivity index (χ1n) is 9.67. The Kier molecular flexibility index (Phi) is 6.29. The van der Waals surface area contributed by atoms with Crippen LogP contribution in [0, 0.1) is 6.92 Å². The number of nitrogens with zero attached hydrogens (tertiary/aromatic N) is 3. The zero-order valence-corrected chi connectivity index (χ0v) is 17.6. The highest BCUT2D eigenvalue weighted by Crippen LogP contribution is 2.24. The molecule has 1 aromatic heterocycles. The second-order valence-corrected chi connectivity index (χ2v) is 8.65. The van der Waals surface area contributed by atoms with Gasteiger partial charge in [0.1, 0.15) is 5.01 Å². The van der Waals surface area contributed by atoms with Crippen molar-refractivity contribution in [1.82, 2.24) is 20.1 Å². The van der Waals surface area contributed by atoms with E-state index < -0.39 is 0 Å². The zero-order chi connectivity index (χ0) is 19.4. The summed E-state index contributed by atoms with van der Waals surface area (Å²) in [5.74, 6) is -0.0228. The maximum Gasteiger partial charge on any atom is 0.251 e. The van der Waals surface area contributed by atoms with Crippen molar-refractivity contribution in [2.45, 2.75) is 33.2 Å². The fourth-order valence-electron chi connectivity index (χ4n) is 3.46. The highest BCUT2D eigenvalue weighted by atomic mass is 32.1. The number of rotatable bonds is 6. The summed E-state index contributed by atoms with van der Waals surface area (Å²) in [6.07, 6.45) is 0. The van der Waals surface area contributed by atoms with Crippen LogP contribution >= 0.6 is 11.3 Å². The van der Waals surface area contributed by atoms with Crippen LogP contribution in [0.5, 0.6) is 0 Å². The van der Waals surface area contributed by atoms with Gasteiger partial charge in [-0.25, -0.2) is 4.98 Å². The fraction of sp³-hybridized carbons (Fsp3) is 0.524. The van der Waals surface area contributed by atoms with E-state index in [4.69, 9.17) is 0 Å². The van der Waals surface area contributed by atoms with E-state index in [0.29, 0.717) is 12.1 Å². The molecule has 5 nitrogen and oxygen atoms in total. The van der Waals surface area contributed by atoms with Crippen molar-refractivity contribution >= 4 is 17.2 Å². The molecule has 1 aromatic carbocycles. The summed E-state index contributed by atoms with van der Waals surface area (Å²) in [6, 6.07) is 7.73. The Labute approximate surface area is 166 Å². The highest BCUT2D eigenvalue weighted by Gasteiger charge is 2.30. The topological polar surface area (TPSA) is 48.5 Å². The van der Waals surface area contributed by atoms with Crippen LogP contribution in [0.15, 0.2) is 29.6 Å². The predicted octanol–water partition coefficient (Wildman–Crippen LogP) is 3.26. The van der Waals surface area contributed by atoms with Crippen molar-refractivity contribution in [3.8, 4) is 10.6 Å². The first-order valence-corrected chi connectivity index (χ1v) is 10.5. The number of hydrogen-bond donors (Lipinski definition) is 1. The Morgan fingerprint density at radius 2 is 2.00 bits per heavy atom. The normalized spacial score (nSPS) is 16.4. The first-order chi connectivity index (χ1) is 12.9. The summed E-state index contributed by atoms with van der Waals surface area (Å²) in [5, 5.41) is 6.12. The summed E-state index contributed by atoms with van der Waals surface area (Å²) in [4.78, 5) is 22.2. The lowest BCUT2D eigenvalue weighted by Crippen LogP contribution is -2.58. The fourth-order valence-corrected chi connectivity index (χ4v) is 4.25. The number of thiazole rings is 1. The maximum absolute atomic E-state index is 12.7. The molecule has 0 unspecified atom stereocenters. The minimum atomic E-state index is -0.0560. The van der Waals surface area contributed by atoms with Gasteiger partial charge in [0.25, 0.3) is 5.91 Å². The number of aryl methyl sites for hydroxylation is 1. The summed E-state index contributed by atoms with van der Waals surface area (Å²) in [5.41, 5.74) is 2.64. The molecule has 146 valence electrons. The van der Waals surface area contributed by atoms with Gasteiger partial charge in [0.2, 0.25) is 0 Å². The highest BCUT2D eigenvalue weighted by molar-refractivity contribution is 7.13. The number of likely N-dealkylation sites (N-methyl/N-ethyl adjacent to an activating group) is 1. The van der Waals surface area contributed by atoms with E-state index in [0.717, 1.165) is 49.0 Å². The van der Waals surface area contributed by atoms with Crippen LogP contribution in [-0.4, -0.2) is 65.5 Å². The van der Waals surface area contributed by atoms with E-state index in [1.54, 1.807) is 11.3 Å². The van der Waals surface area contributed by atoms with Gasteiger partial charge in [0.05, 0.1) is 0 Å². The molecular formula is C21H30N4OS. The molecule has 1 amide bonds. The standard InChI is InChI=1S/C21H30N4OS/c1-5-24-9-11-25(12-10-24)21(3,4)15-22-19(26)17-7-6-8-18(13-17)20-23-16(2)14-27-20/h6-8,13-14H,5,9-12,15H2,1-4H3,(H,22,26). The lowest BCUT2D eigenvalue weighted by atomic mass is 10.0. The summed E-state index contributed by atoms with van der Waals surface area (Å²) < 4.78 is 0. The van der Waals surface area contributed by atoms with Crippen molar-refractivity contribution in [1.29, 1.82) is 0 Å². The summed E-state index contributed by atoms with van der Waals surface area (Å²) in [6.45, 7) is 14.7. The molecular weight excluding hydrogens is 356 g/mol. The Balaban J connectivity index is 1.60. The van der Waals surface area contributed by atoms with E-state index in [-0.39, 0.29) is 11.4 Å². The van der Waals surface area contributed by atoms with E-state index in [9.17, 15) is 4.79 Å². The third-order valence-corrected chi connectivity index (χ3v) is 6.36. The number of nitrogens with one attached hydrogen (secondary N) is 1. The second-order valence-electron chi connectivity index (χ2n) is 7.79. The summed E-state index contributed by atoms with van der Waals surface area (Å²) in [7, 11) is 0. The molecule has 1 aliphatic heterocycles. The number of piperazine rings is 1. The Morgan fingerprint density at radius 1 is 1.26 bits per heavy atom. The first kappa shape index (κ1) is 20.0. The predicted molar refractivity (Wildman–Crippen MR) is 112 cm³/mol. The van der Waals surface area contributed by atoms with Crippen molar-refractivity contribution < 1.29 is 4.79 Å². The molecule has 1 saturated heterocycles. The average molecular weight is 387 g/mol. The van der Waals surface area contributed by atoms with Gasteiger partial charge in [-0.15, -0.1) is 11.3 Å². The van der Waals surface area contributed by atoms with Crippen LogP contribution in [-0.2, 0) is 0 Å². The SMILES string of the molecule is CCN1CCN(C(C)(C)CNC(=O)c2cccc(-c3nc(C)cs3)c2)CC1. The average Bonchev–Trinajstić information content (AvgIpc) is 3.13.